The van der Waals surface area contributed by atoms with Gasteiger partial charge in [0.1, 0.15) is 5.75 Å². The van der Waals surface area contributed by atoms with Crippen molar-refractivity contribution < 1.29 is 9.53 Å². The van der Waals surface area contributed by atoms with Crippen LogP contribution in [-0.2, 0) is 0 Å². The van der Waals surface area contributed by atoms with Crippen molar-refractivity contribution >= 4 is 17.5 Å². The quantitative estimate of drug-likeness (QED) is 0.753. The van der Waals surface area contributed by atoms with E-state index in [1.54, 1.807) is 7.11 Å². The van der Waals surface area contributed by atoms with E-state index < -0.39 is 0 Å². The molecule has 2 nitrogen and oxygen atoms in total. The number of hydrogen-bond donors (Lipinski definition) is 0. The molecule has 19 heavy (non-hydrogen) atoms. The third kappa shape index (κ3) is 4.00. The van der Waals surface area contributed by atoms with Gasteiger partial charge in [-0.1, -0.05) is 19.3 Å². The molecule has 1 aliphatic rings. The fraction of sp³-hybridized carbons (Fsp3) is 0.562. The largest absolute Gasteiger partial charge is 0.497 e. The molecule has 0 unspecified atom stereocenters. The SMILES string of the molecule is COc1ccc(C(=O)CSC2CCCCC2)c(C)c1. The van der Waals surface area contributed by atoms with Crippen LogP contribution in [0.3, 0.4) is 0 Å². The molecule has 0 amide bonds. The van der Waals surface area contributed by atoms with E-state index in [0.29, 0.717) is 11.0 Å². The zero-order chi connectivity index (χ0) is 13.7. The Bertz CT molecular complexity index is 436. The summed E-state index contributed by atoms with van der Waals surface area (Å²) in [6.45, 7) is 1.97. The number of carbonyl (C=O) groups is 1. The van der Waals surface area contributed by atoms with Crippen molar-refractivity contribution in [2.45, 2.75) is 44.3 Å². The second kappa shape index (κ2) is 6.99. The van der Waals surface area contributed by atoms with E-state index >= 15 is 0 Å². The van der Waals surface area contributed by atoms with Crippen molar-refractivity contribution in [3.05, 3.63) is 29.3 Å². The highest BCUT2D eigenvalue weighted by atomic mass is 32.2. The molecule has 0 radical (unpaired) electrons. The summed E-state index contributed by atoms with van der Waals surface area (Å²) in [7, 11) is 1.65. The Labute approximate surface area is 119 Å². The number of aryl methyl sites for hydroxylation is 1. The number of thioether (sulfide) groups is 1. The van der Waals surface area contributed by atoms with Gasteiger partial charge in [0.2, 0.25) is 0 Å². The highest BCUT2D eigenvalue weighted by Crippen LogP contribution is 2.29. The van der Waals surface area contributed by atoms with Gasteiger partial charge in [-0.05, 0) is 43.5 Å². The molecule has 1 aromatic rings. The molecule has 1 aromatic carbocycles. The standard InChI is InChI=1S/C16H22O2S/c1-12-10-13(18-2)8-9-15(12)16(17)11-19-14-6-4-3-5-7-14/h8-10,14H,3-7,11H2,1-2H3. The molecule has 2 rings (SSSR count). The number of ether oxygens (including phenoxy) is 1. The summed E-state index contributed by atoms with van der Waals surface area (Å²) in [5, 5.41) is 0.691. The Morgan fingerprint density at radius 3 is 2.68 bits per heavy atom. The van der Waals surface area contributed by atoms with Crippen LogP contribution in [-0.4, -0.2) is 23.9 Å². The van der Waals surface area contributed by atoms with Crippen molar-refractivity contribution in [3.63, 3.8) is 0 Å². The van der Waals surface area contributed by atoms with E-state index in [2.05, 4.69) is 0 Å². The van der Waals surface area contributed by atoms with Gasteiger partial charge in [0.15, 0.2) is 5.78 Å². The molecule has 0 aromatic heterocycles. The van der Waals surface area contributed by atoms with E-state index in [4.69, 9.17) is 4.74 Å². The fourth-order valence-electron chi connectivity index (χ4n) is 2.58. The van der Waals surface area contributed by atoms with Crippen LogP contribution in [0.25, 0.3) is 0 Å². The van der Waals surface area contributed by atoms with Gasteiger partial charge >= 0.3 is 0 Å². The first kappa shape index (κ1) is 14.4. The zero-order valence-corrected chi connectivity index (χ0v) is 12.6. The van der Waals surface area contributed by atoms with E-state index in [0.717, 1.165) is 16.9 Å². The molecule has 1 aliphatic carbocycles. The van der Waals surface area contributed by atoms with Gasteiger partial charge in [-0.25, -0.2) is 0 Å². The second-order valence-corrected chi connectivity index (χ2v) is 6.46. The lowest BCUT2D eigenvalue weighted by Crippen LogP contribution is -2.13. The molecule has 0 saturated heterocycles. The Morgan fingerprint density at radius 2 is 2.05 bits per heavy atom. The number of ketones is 1. The van der Waals surface area contributed by atoms with Gasteiger partial charge in [-0.15, -0.1) is 0 Å². The van der Waals surface area contributed by atoms with E-state index in [-0.39, 0.29) is 5.78 Å². The zero-order valence-electron chi connectivity index (χ0n) is 11.8. The molecule has 1 saturated carbocycles. The van der Waals surface area contributed by atoms with Crippen LogP contribution in [0.1, 0.15) is 48.0 Å². The maximum Gasteiger partial charge on any atom is 0.172 e. The molecule has 1 fully saturated rings. The Morgan fingerprint density at radius 1 is 1.32 bits per heavy atom. The summed E-state index contributed by atoms with van der Waals surface area (Å²) < 4.78 is 5.17. The minimum atomic E-state index is 0.246. The van der Waals surface area contributed by atoms with Crippen LogP contribution >= 0.6 is 11.8 Å². The third-order valence-corrected chi connectivity index (χ3v) is 5.11. The van der Waals surface area contributed by atoms with Crippen LogP contribution in [0, 0.1) is 6.92 Å². The average Bonchev–Trinajstić information content (AvgIpc) is 2.45. The molecule has 0 N–H and O–H groups in total. The summed E-state index contributed by atoms with van der Waals surface area (Å²) in [5.41, 5.74) is 1.85. The molecule has 0 bridgehead atoms. The van der Waals surface area contributed by atoms with Gasteiger partial charge in [-0.2, -0.15) is 11.8 Å². The van der Waals surface area contributed by atoms with E-state index in [1.807, 2.05) is 36.9 Å². The smallest absolute Gasteiger partial charge is 0.172 e. The Kier molecular flexibility index (Phi) is 5.32. The predicted octanol–water partition coefficient (Wildman–Crippen LogP) is 4.25. The van der Waals surface area contributed by atoms with Gasteiger partial charge in [0.25, 0.3) is 0 Å². The fourth-order valence-corrected chi connectivity index (χ4v) is 3.79. The number of rotatable bonds is 5. The first-order valence-electron chi connectivity index (χ1n) is 7.00. The number of hydrogen-bond acceptors (Lipinski definition) is 3. The lowest BCUT2D eigenvalue weighted by molar-refractivity contribution is 0.102. The highest BCUT2D eigenvalue weighted by Gasteiger charge is 2.17. The molecular weight excluding hydrogens is 256 g/mol. The first-order chi connectivity index (χ1) is 9.20. The summed E-state index contributed by atoms with van der Waals surface area (Å²) >= 11 is 1.84. The molecule has 0 aliphatic heterocycles. The second-order valence-electron chi connectivity index (χ2n) is 5.18. The third-order valence-electron chi connectivity index (χ3n) is 3.74. The average molecular weight is 278 g/mol. The molecule has 0 heterocycles. The number of methoxy groups -OCH3 is 1. The first-order valence-corrected chi connectivity index (χ1v) is 8.05. The van der Waals surface area contributed by atoms with Crippen LogP contribution in [0.5, 0.6) is 5.75 Å². The molecule has 104 valence electrons. The maximum atomic E-state index is 12.2. The summed E-state index contributed by atoms with van der Waals surface area (Å²) in [6.07, 6.45) is 6.57. The normalized spacial score (nSPS) is 16.3. The minimum absolute atomic E-state index is 0.246. The van der Waals surface area contributed by atoms with Crippen LogP contribution < -0.4 is 4.74 Å². The lowest BCUT2D eigenvalue weighted by atomic mass is 10.0. The number of benzene rings is 1. The van der Waals surface area contributed by atoms with Gasteiger partial charge in [0.05, 0.1) is 12.9 Å². The van der Waals surface area contributed by atoms with E-state index in [9.17, 15) is 4.79 Å². The topological polar surface area (TPSA) is 26.3 Å². The maximum absolute atomic E-state index is 12.2. The predicted molar refractivity (Wildman–Crippen MR) is 81.4 cm³/mol. The van der Waals surface area contributed by atoms with Crippen LogP contribution in [0.4, 0.5) is 0 Å². The van der Waals surface area contributed by atoms with Crippen LogP contribution in [0.15, 0.2) is 18.2 Å². The van der Waals surface area contributed by atoms with Crippen molar-refractivity contribution in [2.24, 2.45) is 0 Å². The molecule has 0 atom stereocenters. The highest BCUT2D eigenvalue weighted by molar-refractivity contribution is 8.00. The van der Waals surface area contributed by atoms with Crippen molar-refractivity contribution in [2.75, 3.05) is 12.9 Å². The summed E-state index contributed by atoms with van der Waals surface area (Å²) in [6, 6.07) is 5.68. The van der Waals surface area contributed by atoms with Crippen molar-refractivity contribution in [3.8, 4) is 5.75 Å². The Balaban J connectivity index is 1.92. The molecule has 3 heteroatoms. The number of Topliss-reactive ketones (excluding diaryl/α,β-unsaturated/α-hetero) is 1. The monoisotopic (exact) mass is 278 g/mol. The minimum Gasteiger partial charge on any atom is -0.497 e. The van der Waals surface area contributed by atoms with Gasteiger partial charge < -0.3 is 4.74 Å². The van der Waals surface area contributed by atoms with E-state index in [1.165, 1.54) is 32.1 Å². The lowest BCUT2D eigenvalue weighted by Gasteiger charge is -2.20. The van der Waals surface area contributed by atoms with Crippen LogP contribution in [0.2, 0.25) is 0 Å². The van der Waals surface area contributed by atoms with Crippen molar-refractivity contribution in [1.82, 2.24) is 0 Å². The Hall–Kier alpha value is -0.960. The summed E-state index contributed by atoms with van der Waals surface area (Å²) in [4.78, 5) is 12.2. The van der Waals surface area contributed by atoms with Crippen molar-refractivity contribution in [1.29, 1.82) is 0 Å². The van der Waals surface area contributed by atoms with Gasteiger partial charge in [0, 0.05) is 10.8 Å². The molecule has 0 spiro atoms. The number of carbonyl (C=O) groups excluding carboxylic acids is 1. The molecular formula is C16H22O2S. The van der Waals surface area contributed by atoms with Gasteiger partial charge in [-0.3, -0.25) is 4.79 Å². The summed E-state index contributed by atoms with van der Waals surface area (Å²) in [5.74, 6) is 1.67.